The van der Waals surface area contributed by atoms with Gasteiger partial charge in [-0.15, -0.1) is 0 Å². The third-order valence-electron chi connectivity index (χ3n) is 3.80. The second-order valence-corrected chi connectivity index (χ2v) is 5.82. The van der Waals surface area contributed by atoms with Crippen LogP contribution in [0.2, 0.25) is 0 Å². The molecule has 1 rings (SSSR count). The van der Waals surface area contributed by atoms with Crippen molar-refractivity contribution in [2.45, 2.75) is 19.9 Å². The summed E-state index contributed by atoms with van der Waals surface area (Å²) in [5.41, 5.74) is 0. The molecule has 0 aromatic carbocycles. The molecule has 1 N–H and O–H groups in total. The maximum atomic E-state index is 12.3. The Morgan fingerprint density at radius 3 is 2.32 bits per heavy atom. The Hall–Kier alpha value is -1.30. The van der Waals surface area contributed by atoms with Crippen LogP contribution in [0.5, 0.6) is 0 Å². The molecule has 3 atom stereocenters. The van der Waals surface area contributed by atoms with E-state index in [0.717, 1.165) is 6.54 Å². The zero-order valence-corrected chi connectivity index (χ0v) is 12.5. The molecule has 19 heavy (non-hydrogen) atoms. The normalized spacial score (nSPS) is 24.6. The fraction of sp³-hybridized carbons (Fsp3) is 0.846. The lowest BCUT2D eigenvalue weighted by Crippen LogP contribution is -2.43. The number of carbonyl (C=O) groups is 2. The zero-order valence-electron chi connectivity index (χ0n) is 12.5. The molecule has 0 aromatic rings. The summed E-state index contributed by atoms with van der Waals surface area (Å²) < 4.78 is 0. The van der Waals surface area contributed by atoms with Crippen LogP contribution in [0, 0.1) is 11.8 Å². The number of carboxylic acids is 1. The predicted octanol–water partition coefficient (Wildman–Crippen LogP) is 0.641. The number of urea groups is 1. The quantitative estimate of drug-likeness (QED) is 0.815. The number of likely N-dealkylation sites (tertiary alicyclic amines) is 1. The molecule has 0 radical (unpaired) electrons. The van der Waals surface area contributed by atoms with Gasteiger partial charge in [0.05, 0.1) is 5.92 Å². The van der Waals surface area contributed by atoms with E-state index in [-0.39, 0.29) is 12.6 Å². The molecule has 0 bridgehead atoms. The molecule has 0 aliphatic carbocycles. The Bertz CT molecular complexity index is 346. The monoisotopic (exact) mass is 271 g/mol. The maximum absolute atomic E-state index is 12.3. The van der Waals surface area contributed by atoms with Gasteiger partial charge in [-0.1, -0.05) is 13.8 Å². The Labute approximate surface area is 115 Å². The van der Waals surface area contributed by atoms with Crippen LogP contribution >= 0.6 is 0 Å². The molecule has 1 saturated heterocycles. The predicted molar refractivity (Wildman–Crippen MR) is 73.0 cm³/mol. The van der Waals surface area contributed by atoms with Crippen LogP contribution in [-0.4, -0.2) is 78.6 Å². The summed E-state index contributed by atoms with van der Waals surface area (Å²) in [6, 6.07) is 0.290. The highest BCUT2D eigenvalue weighted by Crippen LogP contribution is 2.21. The maximum Gasteiger partial charge on any atom is 0.319 e. The highest BCUT2D eigenvalue weighted by Gasteiger charge is 2.35. The third-order valence-corrected chi connectivity index (χ3v) is 3.80. The van der Waals surface area contributed by atoms with E-state index in [4.69, 9.17) is 5.11 Å². The van der Waals surface area contributed by atoms with Crippen LogP contribution in [0.4, 0.5) is 4.79 Å². The summed E-state index contributed by atoms with van der Waals surface area (Å²) >= 11 is 0. The molecule has 6 heteroatoms. The van der Waals surface area contributed by atoms with E-state index in [1.807, 2.05) is 19.0 Å². The van der Waals surface area contributed by atoms with Crippen LogP contribution in [0.3, 0.4) is 0 Å². The number of carboxylic acid groups (broad SMARTS) is 1. The van der Waals surface area contributed by atoms with E-state index >= 15 is 0 Å². The first-order valence-corrected chi connectivity index (χ1v) is 6.63. The summed E-state index contributed by atoms with van der Waals surface area (Å²) in [5.74, 6) is -0.983. The van der Waals surface area contributed by atoms with Crippen LogP contribution in [0.15, 0.2) is 0 Å². The van der Waals surface area contributed by atoms with Gasteiger partial charge in [0.25, 0.3) is 0 Å². The molecule has 6 nitrogen and oxygen atoms in total. The van der Waals surface area contributed by atoms with Gasteiger partial charge in [0, 0.05) is 32.7 Å². The van der Waals surface area contributed by atoms with Crippen LogP contribution in [0.25, 0.3) is 0 Å². The van der Waals surface area contributed by atoms with E-state index in [9.17, 15) is 9.59 Å². The largest absolute Gasteiger partial charge is 0.481 e. The van der Waals surface area contributed by atoms with Gasteiger partial charge < -0.3 is 19.8 Å². The van der Waals surface area contributed by atoms with Crippen molar-refractivity contribution in [1.29, 1.82) is 0 Å². The average molecular weight is 271 g/mol. The van der Waals surface area contributed by atoms with Gasteiger partial charge in [0.2, 0.25) is 0 Å². The van der Waals surface area contributed by atoms with Gasteiger partial charge >= 0.3 is 12.0 Å². The highest BCUT2D eigenvalue weighted by atomic mass is 16.4. The molecule has 1 heterocycles. The molecule has 1 aliphatic rings. The van der Waals surface area contributed by atoms with Crippen LogP contribution in [-0.2, 0) is 4.79 Å². The number of carbonyl (C=O) groups excluding carboxylic acids is 1. The minimum Gasteiger partial charge on any atom is -0.481 e. The summed E-state index contributed by atoms with van der Waals surface area (Å²) in [4.78, 5) is 28.5. The Balaban J connectivity index is 2.57. The standard InChI is InChI=1S/C13H25N3O3/c1-9-7-16(8-11(9)14(3)4)13(19)15(5)6-10(2)12(17)18/h9-11H,6-8H2,1-5H3,(H,17,18). The molecule has 2 amide bonds. The molecular weight excluding hydrogens is 246 g/mol. The lowest BCUT2D eigenvalue weighted by Gasteiger charge is -2.26. The molecule has 0 saturated carbocycles. The summed E-state index contributed by atoms with van der Waals surface area (Å²) in [6.45, 7) is 5.43. The number of rotatable bonds is 4. The number of hydrogen-bond acceptors (Lipinski definition) is 3. The van der Waals surface area contributed by atoms with E-state index in [2.05, 4.69) is 11.8 Å². The van der Waals surface area contributed by atoms with Crippen molar-refractivity contribution in [1.82, 2.24) is 14.7 Å². The molecule has 3 unspecified atom stereocenters. The number of amides is 2. The smallest absolute Gasteiger partial charge is 0.319 e. The number of nitrogens with zero attached hydrogens (tertiary/aromatic N) is 3. The second-order valence-electron chi connectivity index (χ2n) is 5.82. The van der Waals surface area contributed by atoms with Crippen molar-refractivity contribution in [2.24, 2.45) is 11.8 Å². The zero-order chi connectivity index (χ0) is 14.7. The first-order chi connectivity index (χ1) is 8.73. The van der Waals surface area contributed by atoms with Crippen molar-refractivity contribution in [3.63, 3.8) is 0 Å². The van der Waals surface area contributed by atoms with E-state index in [1.54, 1.807) is 14.0 Å². The van der Waals surface area contributed by atoms with Gasteiger partial charge in [-0.25, -0.2) is 4.79 Å². The molecular formula is C13H25N3O3. The minimum atomic E-state index is -0.874. The highest BCUT2D eigenvalue weighted by molar-refractivity contribution is 5.76. The first kappa shape index (κ1) is 15.8. The topological polar surface area (TPSA) is 64.1 Å². The summed E-state index contributed by atoms with van der Waals surface area (Å²) in [7, 11) is 5.70. The lowest BCUT2D eigenvalue weighted by atomic mass is 10.1. The molecule has 0 spiro atoms. The second kappa shape index (κ2) is 6.23. The SMILES string of the molecule is CC(CN(C)C(=O)N1CC(C)C(N(C)C)C1)C(=O)O. The number of likely N-dealkylation sites (N-methyl/N-ethyl adjacent to an activating group) is 1. The van der Waals surface area contributed by atoms with Gasteiger partial charge in [-0.05, 0) is 20.0 Å². The molecule has 1 aliphatic heterocycles. The van der Waals surface area contributed by atoms with Crippen molar-refractivity contribution in [2.75, 3.05) is 40.8 Å². The van der Waals surface area contributed by atoms with Crippen molar-refractivity contribution in [3.05, 3.63) is 0 Å². The molecule has 110 valence electrons. The van der Waals surface area contributed by atoms with Gasteiger partial charge in [-0.2, -0.15) is 0 Å². The minimum absolute atomic E-state index is 0.0794. The van der Waals surface area contributed by atoms with Crippen molar-refractivity contribution >= 4 is 12.0 Å². The van der Waals surface area contributed by atoms with E-state index < -0.39 is 11.9 Å². The summed E-state index contributed by atoms with van der Waals surface area (Å²) in [5, 5.41) is 8.88. The lowest BCUT2D eigenvalue weighted by molar-refractivity contribution is -0.141. The Kier molecular flexibility index (Phi) is 5.17. The number of hydrogen-bond donors (Lipinski definition) is 1. The molecule has 1 fully saturated rings. The fourth-order valence-corrected chi connectivity index (χ4v) is 2.59. The first-order valence-electron chi connectivity index (χ1n) is 6.63. The van der Waals surface area contributed by atoms with Gasteiger partial charge in [0.15, 0.2) is 0 Å². The van der Waals surface area contributed by atoms with Gasteiger partial charge in [0.1, 0.15) is 0 Å². The third kappa shape index (κ3) is 3.83. The fourth-order valence-electron chi connectivity index (χ4n) is 2.59. The van der Waals surface area contributed by atoms with Crippen LogP contribution < -0.4 is 0 Å². The summed E-state index contributed by atoms with van der Waals surface area (Å²) in [6.07, 6.45) is 0. The van der Waals surface area contributed by atoms with Crippen LogP contribution in [0.1, 0.15) is 13.8 Å². The number of aliphatic carboxylic acids is 1. The Morgan fingerprint density at radius 1 is 1.32 bits per heavy atom. The average Bonchev–Trinajstić information content (AvgIpc) is 2.70. The van der Waals surface area contributed by atoms with E-state index in [0.29, 0.717) is 18.5 Å². The Morgan fingerprint density at radius 2 is 1.89 bits per heavy atom. The van der Waals surface area contributed by atoms with Crippen molar-refractivity contribution in [3.8, 4) is 0 Å². The van der Waals surface area contributed by atoms with E-state index in [1.165, 1.54) is 4.90 Å². The van der Waals surface area contributed by atoms with Crippen molar-refractivity contribution < 1.29 is 14.7 Å². The molecule has 0 aromatic heterocycles. The van der Waals surface area contributed by atoms with Gasteiger partial charge in [-0.3, -0.25) is 4.79 Å².